The molecule has 3 aliphatic heterocycles. The van der Waals surface area contributed by atoms with Gasteiger partial charge in [-0.2, -0.15) is 0 Å². The van der Waals surface area contributed by atoms with Crippen molar-refractivity contribution in [3.05, 3.63) is 81.3 Å². The smallest absolute Gasteiger partial charge is 0.269 e. The van der Waals surface area contributed by atoms with E-state index in [2.05, 4.69) is 75.6 Å². The summed E-state index contributed by atoms with van der Waals surface area (Å²) in [4.78, 5) is 6.20. The molecule has 0 radical (unpaired) electrons. The molecule has 8 rings (SSSR count). The van der Waals surface area contributed by atoms with Gasteiger partial charge in [-0.1, -0.05) is 47.6 Å². The fourth-order valence-electron chi connectivity index (χ4n) is 10.2. The molecular weight excluding hydrogens is 526 g/mol. The van der Waals surface area contributed by atoms with Crippen LogP contribution in [0.4, 0.5) is 5.69 Å². The molecule has 1 aromatic carbocycles. The Hall–Kier alpha value is -3.24. The lowest BCUT2D eigenvalue weighted by Crippen LogP contribution is -2.58. The van der Waals surface area contributed by atoms with Crippen LogP contribution in [-0.2, 0) is 15.6 Å². The third kappa shape index (κ3) is 4.51. The highest BCUT2D eigenvalue weighted by atomic mass is 16.5. The van der Waals surface area contributed by atoms with E-state index in [9.17, 15) is 5.26 Å². The van der Waals surface area contributed by atoms with Crippen molar-refractivity contribution in [1.29, 1.82) is 5.26 Å². The summed E-state index contributed by atoms with van der Waals surface area (Å²) in [7, 11) is 0. The number of benzene rings is 1. The van der Waals surface area contributed by atoms with Gasteiger partial charge in [-0.05, 0) is 133 Å². The summed E-state index contributed by atoms with van der Waals surface area (Å²) in [6.07, 6.45) is 19.1. The van der Waals surface area contributed by atoms with Crippen LogP contribution in [0.3, 0.4) is 0 Å². The van der Waals surface area contributed by atoms with Crippen LogP contribution in [0.1, 0.15) is 110 Å². The highest BCUT2D eigenvalue weighted by Crippen LogP contribution is 2.69. The largest absolute Gasteiger partial charge is 0.461 e. The maximum Gasteiger partial charge on any atom is 0.269 e. The zero-order valence-corrected chi connectivity index (χ0v) is 27.0. The van der Waals surface area contributed by atoms with Gasteiger partial charge < -0.3 is 9.64 Å². The standard InChI is InChI=1S/C39H47N3O/c1-36(2,3)34-20-29(33(24-40)41-7)19-30(43-34)9-8-25-17-31-35-32(18-25)38(6,11-13-42(35)12-10-37(31,4)5)39-21-26-14-27(22-39)16-28(15-26)23-39/h8-9,17-20,26-28H,10-16,21-23H2,1-6H3/b9-8+,33-29+. The lowest BCUT2D eigenvalue weighted by Gasteiger charge is -2.65. The Morgan fingerprint density at radius 1 is 0.977 bits per heavy atom. The van der Waals surface area contributed by atoms with Crippen LogP contribution in [0.2, 0.25) is 0 Å². The number of hydrogen-bond acceptors (Lipinski definition) is 3. The van der Waals surface area contributed by atoms with Gasteiger partial charge in [-0.3, -0.25) is 0 Å². The third-order valence-electron chi connectivity index (χ3n) is 12.4. The van der Waals surface area contributed by atoms with Gasteiger partial charge in [-0.15, -0.1) is 0 Å². The fraction of sp³-hybridized carbons (Fsp3) is 0.590. The van der Waals surface area contributed by atoms with Crippen LogP contribution in [0.15, 0.2) is 53.1 Å². The predicted octanol–water partition coefficient (Wildman–Crippen LogP) is 9.61. The van der Waals surface area contributed by atoms with Gasteiger partial charge in [0.15, 0.2) is 0 Å². The molecule has 0 aromatic heterocycles. The molecule has 7 aliphatic rings. The van der Waals surface area contributed by atoms with Gasteiger partial charge >= 0.3 is 0 Å². The number of rotatable bonds is 3. The average Bonchev–Trinajstić information content (AvgIpc) is 2.94. The van der Waals surface area contributed by atoms with Crippen LogP contribution in [0, 0.1) is 46.5 Å². The normalized spacial score (nSPS) is 35.0. The number of hydrogen-bond donors (Lipinski definition) is 0. The molecule has 0 N–H and O–H groups in total. The second-order valence-electron chi connectivity index (χ2n) is 16.6. The number of ether oxygens (including phenoxy) is 1. The van der Waals surface area contributed by atoms with Crippen LogP contribution >= 0.6 is 0 Å². The molecule has 1 unspecified atom stereocenters. The first kappa shape index (κ1) is 28.5. The lowest BCUT2D eigenvalue weighted by atomic mass is 9.41. The Morgan fingerprint density at radius 3 is 2.21 bits per heavy atom. The molecule has 224 valence electrons. The third-order valence-corrected chi connectivity index (χ3v) is 12.4. The maximum absolute atomic E-state index is 9.60. The number of nitriles is 1. The zero-order chi connectivity index (χ0) is 30.4. The minimum Gasteiger partial charge on any atom is -0.461 e. The topological polar surface area (TPSA) is 40.6 Å². The van der Waals surface area contributed by atoms with Gasteiger partial charge in [-0.25, -0.2) is 10.1 Å². The molecule has 3 heterocycles. The summed E-state index contributed by atoms with van der Waals surface area (Å²) in [5, 5.41) is 9.60. The van der Waals surface area contributed by atoms with Crippen molar-refractivity contribution in [3.63, 3.8) is 0 Å². The molecule has 4 fully saturated rings. The van der Waals surface area contributed by atoms with E-state index in [0.717, 1.165) is 30.1 Å². The van der Waals surface area contributed by atoms with Gasteiger partial charge in [0.1, 0.15) is 11.5 Å². The molecule has 4 nitrogen and oxygen atoms in total. The van der Waals surface area contributed by atoms with E-state index in [1.165, 1.54) is 69.0 Å². The Balaban J connectivity index is 1.33. The first-order valence-electron chi connectivity index (χ1n) is 16.6. The van der Waals surface area contributed by atoms with Gasteiger partial charge in [0, 0.05) is 29.6 Å². The minimum absolute atomic E-state index is 0.0994. The van der Waals surface area contributed by atoms with E-state index in [-0.39, 0.29) is 21.9 Å². The molecule has 1 aromatic rings. The van der Waals surface area contributed by atoms with Gasteiger partial charge in [0.05, 0.1) is 12.6 Å². The van der Waals surface area contributed by atoms with Gasteiger partial charge in [0.25, 0.3) is 5.70 Å². The maximum atomic E-state index is 9.60. The molecule has 0 saturated heterocycles. The average molecular weight is 574 g/mol. The molecule has 0 amide bonds. The van der Waals surface area contributed by atoms with E-state index in [1.54, 1.807) is 11.3 Å². The summed E-state index contributed by atoms with van der Waals surface area (Å²) in [6.45, 7) is 23.7. The van der Waals surface area contributed by atoms with E-state index in [4.69, 9.17) is 11.3 Å². The molecule has 4 bridgehead atoms. The van der Waals surface area contributed by atoms with E-state index in [0.29, 0.717) is 16.7 Å². The van der Waals surface area contributed by atoms with Crippen LogP contribution in [-0.4, -0.2) is 13.1 Å². The monoisotopic (exact) mass is 573 g/mol. The molecule has 4 heteroatoms. The van der Waals surface area contributed by atoms with E-state index < -0.39 is 0 Å². The van der Waals surface area contributed by atoms with Gasteiger partial charge in [0.2, 0.25) is 0 Å². The fourth-order valence-corrected chi connectivity index (χ4v) is 10.2. The summed E-state index contributed by atoms with van der Waals surface area (Å²) >= 11 is 0. The first-order valence-corrected chi connectivity index (χ1v) is 16.6. The molecule has 4 saturated carbocycles. The van der Waals surface area contributed by atoms with Crippen molar-refractivity contribution < 1.29 is 4.74 Å². The molecule has 43 heavy (non-hydrogen) atoms. The Kier molecular flexibility index (Phi) is 6.39. The number of allylic oxidation sites excluding steroid dienone is 6. The van der Waals surface area contributed by atoms with E-state index in [1.807, 2.05) is 18.2 Å². The Morgan fingerprint density at radius 2 is 1.60 bits per heavy atom. The molecule has 0 spiro atoms. The number of nitrogens with zero attached hydrogens (tertiary/aromatic N) is 3. The molecule has 1 atom stereocenters. The summed E-state index contributed by atoms with van der Waals surface area (Å²) in [5.41, 5.74) is 7.10. The Labute approximate surface area is 259 Å². The molecule has 4 aliphatic carbocycles. The lowest BCUT2D eigenvalue weighted by molar-refractivity contribution is -0.0993. The highest BCUT2D eigenvalue weighted by molar-refractivity contribution is 5.73. The van der Waals surface area contributed by atoms with Crippen molar-refractivity contribution in [2.75, 3.05) is 18.0 Å². The summed E-state index contributed by atoms with van der Waals surface area (Å²) < 4.78 is 6.37. The second kappa shape index (κ2) is 9.63. The minimum atomic E-state index is -0.246. The predicted molar refractivity (Wildman–Crippen MR) is 174 cm³/mol. The van der Waals surface area contributed by atoms with Crippen molar-refractivity contribution in [3.8, 4) is 6.07 Å². The SMILES string of the molecule is [C-]#[N+]/C(C#N)=C1C=C(/C=C/c2cc3c4c(c2)C(C)(C25CC6CC(CC(C6)C2)C5)CCN4CCC3(C)C)OC(C(C)(C)C)=C\1. The molecular formula is C39H47N3O. The number of anilines is 1. The van der Waals surface area contributed by atoms with Crippen molar-refractivity contribution >= 4 is 11.8 Å². The first-order chi connectivity index (χ1) is 20.3. The van der Waals surface area contributed by atoms with Crippen molar-refractivity contribution in [2.45, 2.75) is 104 Å². The summed E-state index contributed by atoms with van der Waals surface area (Å²) in [6, 6.07) is 7.04. The van der Waals surface area contributed by atoms with Crippen molar-refractivity contribution in [1.82, 2.24) is 0 Å². The van der Waals surface area contributed by atoms with Crippen LogP contribution < -0.4 is 4.90 Å². The van der Waals surface area contributed by atoms with Crippen molar-refractivity contribution in [2.24, 2.45) is 28.6 Å². The summed E-state index contributed by atoms with van der Waals surface area (Å²) in [5.74, 6) is 4.26. The van der Waals surface area contributed by atoms with E-state index >= 15 is 0 Å². The Bertz CT molecular complexity index is 1530. The highest BCUT2D eigenvalue weighted by Gasteiger charge is 2.60. The second-order valence-corrected chi connectivity index (χ2v) is 16.6. The quantitative estimate of drug-likeness (QED) is 0.267. The van der Waals surface area contributed by atoms with Crippen LogP contribution in [0.5, 0.6) is 0 Å². The van der Waals surface area contributed by atoms with Crippen LogP contribution in [0.25, 0.3) is 10.9 Å². The zero-order valence-electron chi connectivity index (χ0n) is 27.0.